The number of methoxy groups -OCH3 is 1. The number of ether oxygens (including phenoxy) is 1. The molecule has 0 atom stereocenters. The van der Waals surface area contributed by atoms with Crippen molar-refractivity contribution in [1.29, 1.82) is 0 Å². The number of rotatable bonds is 6. The Morgan fingerprint density at radius 3 is 2.52 bits per heavy atom. The SMILES string of the molecule is COc1ccc(C(=O)N/N=C(/Cc2ncc[nH]2)c2ccccc2)cc1. The van der Waals surface area contributed by atoms with Gasteiger partial charge in [0.1, 0.15) is 11.6 Å². The van der Waals surface area contributed by atoms with Gasteiger partial charge in [0.25, 0.3) is 5.91 Å². The lowest BCUT2D eigenvalue weighted by molar-refractivity contribution is 0.0954. The molecule has 0 fully saturated rings. The molecule has 0 aliphatic heterocycles. The zero-order chi connectivity index (χ0) is 17.5. The van der Waals surface area contributed by atoms with E-state index in [1.165, 1.54) is 0 Å². The number of carbonyl (C=O) groups excluding carboxylic acids is 1. The number of aromatic amines is 1. The summed E-state index contributed by atoms with van der Waals surface area (Å²) < 4.78 is 5.09. The molecule has 0 spiro atoms. The highest BCUT2D eigenvalue weighted by atomic mass is 16.5. The molecule has 2 N–H and O–H groups in total. The molecule has 126 valence electrons. The topological polar surface area (TPSA) is 79.4 Å². The van der Waals surface area contributed by atoms with Gasteiger partial charge in [-0.1, -0.05) is 30.3 Å². The van der Waals surface area contributed by atoms with Crippen molar-refractivity contribution in [2.75, 3.05) is 7.11 Å². The van der Waals surface area contributed by atoms with Gasteiger partial charge in [-0.3, -0.25) is 4.79 Å². The average Bonchev–Trinajstić information content (AvgIpc) is 3.19. The largest absolute Gasteiger partial charge is 0.497 e. The van der Waals surface area contributed by atoms with Crippen LogP contribution in [0.15, 0.2) is 72.1 Å². The third-order valence-corrected chi connectivity index (χ3v) is 3.64. The van der Waals surface area contributed by atoms with E-state index in [1.54, 1.807) is 43.8 Å². The lowest BCUT2D eigenvalue weighted by Gasteiger charge is -2.07. The number of carbonyl (C=O) groups is 1. The quantitative estimate of drug-likeness (QED) is 0.537. The highest BCUT2D eigenvalue weighted by Gasteiger charge is 2.09. The molecule has 6 heteroatoms. The van der Waals surface area contributed by atoms with Crippen molar-refractivity contribution in [2.24, 2.45) is 5.10 Å². The van der Waals surface area contributed by atoms with Crippen molar-refractivity contribution in [3.8, 4) is 5.75 Å². The molecular weight excluding hydrogens is 316 g/mol. The van der Waals surface area contributed by atoms with Gasteiger partial charge in [0.2, 0.25) is 0 Å². The first-order valence-electron chi connectivity index (χ1n) is 7.81. The monoisotopic (exact) mass is 334 g/mol. The van der Waals surface area contributed by atoms with E-state index in [0.717, 1.165) is 17.1 Å². The van der Waals surface area contributed by atoms with Crippen LogP contribution in [0.25, 0.3) is 0 Å². The van der Waals surface area contributed by atoms with Crippen molar-refractivity contribution in [1.82, 2.24) is 15.4 Å². The van der Waals surface area contributed by atoms with E-state index in [9.17, 15) is 4.79 Å². The van der Waals surface area contributed by atoms with Crippen LogP contribution in [0.5, 0.6) is 5.75 Å². The molecule has 25 heavy (non-hydrogen) atoms. The smallest absolute Gasteiger partial charge is 0.271 e. The minimum absolute atomic E-state index is 0.282. The van der Waals surface area contributed by atoms with Crippen LogP contribution in [0, 0.1) is 0 Å². The summed E-state index contributed by atoms with van der Waals surface area (Å²) in [6.07, 6.45) is 3.93. The Labute approximate surface area is 145 Å². The van der Waals surface area contributed by atoms with Gasteiger partial charge < -0.3 is 9.72 Å². The number of imidazole rings is 1. The molecule has 0 aliphatic carbocycles. The molecule has 1 aromatic heterocycles. The van der Waals surface area contributed by atoms with E-state index in [1.807, 2.05) is 30.3 Å². The van der Waals surface area contributed by atoms with Crippen LogP contribution < -0.4 is 10.2 Å². The molecule has 2 aromatic carbocycles. The van der Waals surface area contributed by atoms with Gasteiger partial charge in [-0.25, -0.2) is 10.4 Å². The molecule has 1 heterocycles. The predicted molar refractivity (Wildman–Crippen MR) is 95.7 cm³/mol. The second-order valence-corrected chi connectivity index (χ2v) is 5.31. The molecular formula is C19H18N4O2. The molecule has 1 amide bonds. The van der Waals surface area contributed by atoms with Gasteiger partial charge in [0.05, 0.1) is 19.2 Å². The number of aromatic nitrogens is 2. The van der Waals surface area contributed by atoms with Gasteiger partial charge in [-0.2, -0.15) is 5.10 Å². The average molecular weight is 334 g/mol. The second-order valence-electron chi connectivity index (χ2n) is 5.31. The van der Waals surface area contributed by atoms with E-state index in [0.29, 0.717) is 17.7 Å². The van der Waals surface area contributed by atoms with E-state index in [2.05, 4.69) is 20.5 Å². The number of H-pyrrole nitrogens is 1. The maximum atomic E-state index is 12.3. The molecule has 0 radical (unpaired) electrons. The summed E-state index contributed by atoms with van der Waals surface area (Å²) in [5, 5.41) is 4.31. The van der Waals surface area contributed by atoms with Crippen LogP contribution in [0.4, 0.5) is 0 Å². The van der Waals surface area contributed by atoms with Crippen molar-refractivity contribution in [3.63, 3.8) is 0 Å². The molecule has 3 aromatic rings. The summed E-state index contributed by atoms with van der Waals surface area (Å²) >= 11 is 0. The Kier molecular flexibility index (Phi) is 5.21. The Bertz CT molecular complexity index is 841. The Hall–Kier alpha value is -3.41. The zero-order valence-electron chi connectivity index (χ0n) is 13.8. The van der Waals surface area contributed by atoms with Crippen LogP contribution in [-0.4, -0.2) is 28.7 Å². The minimum Gasteiger partial charge on any atom is -0.497 e. The van der Waals surface area contributed by atoms with Gasteiger partial charge in [-0.15, -0.1) is 0 Å². The second kappa shape index (κ2) is 7.92. The first kappa shape index (κ1) is 16.4. The molecule has 0 aliphatic rings. The predicted octanol–water partition coefficient (Wildman–Crippen LogP) is 2.80. The summed E-state index contributed by atoms with van der Waals surface area (Å²) in [6.45, 7) is 0. The van der Waals surface area contributed by atoms with E-state index < -0.39 is 0 Å². The minimum atomic E-state index is -0.282. The van der Waals surface area contributed by atoms with Crippen LogP contribution in [0.3, 0.4) is 0 Å². The first-order valence-corrected chi connectivity index (χ1v) is 7.81. The van der Waals surface area contributed by atoms with Crippen molar-refractivity contribution in [3.05, 3.63) is 83.9 Å². The Morgan fingerprint density at radius 1 is 1.12 bits per heavy atom. The summed E-state index contributed by atoms with van der Waals surface area (Å²) in [5.41, 5.74) is 4.77. The number of amides is 1. The van der Waals surface area contributed by atoms with E-state index in [4.69, 9.17) is 4.74 Å². The Morgan fingerprint density at radius 2 is 1.88 bits per heavy atom. The number of hydrogen-bond donors (Lipinski definition) is 2. The first-order chi connectivity index (χ1) is 12.3. The lowest BCUT2D eigenvalue weighted by Crippen LogP contribution is -2.21. The van der Waals surface area contributed by atoms with Crippen molar-refractivity contribution >= 4 is 11.6 Å². The third kappa shape index (κ3) is 4.32. The molecule has 3 rings (SSSR count). The highest BCUT2D eigenvalue weighted by Crippen LogP contribution is 2.11. The fourth-order valence-electron chi connectivity index (χ4n) is 2.32. The molecule has 0 bridgehead atoms. The number of nitrogens with zero attached hydrogens (tertiary/aromatic N) is 2. The van der Waals surface area contributed by atoms with Crippen LogP contribution in [0.1, 0.15) is 21.7 Å². The van der Waals surface area contributed by atoms with Gasteiger partial charge in [-0.05, 0) is 29.8 Å². The van der Waals surface area contributed by atoms with Crippen molar-refractivity contribution in [2.45, 2.75) is 6.42 Å². The van der Waals surface area contributed by atoms with Crippen molar-refractivity contribution < 1.29 is 9.53 Å². The van der Waals surface area contributed by atoms with Crippen LogP contribution in [0.2, 0.25) is 0 Å². The van der Waals surface area contributed by atoms with Crippen LogP contribution in [-0.2, 0) is 6.42 Å². The van der Waals surface area contributed by atoms with Gasteiger partial charge >= 0.3 is 0 Å². The normalized spacial score (nSPS) is 11.2. The van der Waals surface area contributed by atoms with E-state index >= 15 is 0 Å². The summed E-state index contributed by atoms with van der Waals surface area (Å²) in [4.78, 5) is 19.6. The maximum Gasteiger partial charge on any atom is 0.271 e. The fourth-order valence-corrected chi connectivity index (χ4v) is 2.32. The summed E-state index contributed by atoms with van der Waals surface area (Å²) in [7, 11) is 1.58. The molecule has 6 nitrogen and oxygen atoms in total. The molecule has 0 saturated carbocycles. The number of nitrogens with one attached hydrogen (secondary N) is 2. The summed E-state index contributed by atoms with van der Waals surface area (Å²) in [5.74, 6) is 1.19. The van der Waals surface area contributed by atoms with Gasteiger partial charge in [0.15, 0.2) is 0 Å². The number of hydrazone groups is 1. The number of hydrogen-bond acceptors (Lipinski definition) is 4. The number of benzene rings is 2. The fraction of sp³-hybridized carbons (Fsp3) is 0.105. The summed E-state index contributed by atoms with van der Waals surface area (Å²) in [6, 6.07) is 16.5. The Balaban J connectivity index is 1.78. The third-order valence-electron chi connectivity index (χ3n) is 3.64. The lowest BCUT2D eigenvalue weighted by atomic mass is 10.1. The van der Waals surface area contributed by atoms with Crippen LogP contribution >= 0.6 is 0 Å². The van der Waals surface area contributed by atoms with Gasteiger partial charge in [0, 0.05) is 18.0 Å². The highest BCUT2D eigenvalue weighted by molar-refractivity contribution is 6.03. The van der Waals surface area contributed by atoms with E-state index in [-0.39, 0.29) is 5.91 Å². The zero-order valence-corrected chi connectivity index (χ0v) is 13.8. The molecule has 0 unspecified atom stereocenters. The molecule has 0 saturated heterocycles. The maximum absolute atomic E-state index is 12.3. The standard InChI is InChI=1S/C19H18N4O2/c1-25-16-9-7-15(8-10-16)19(24)23-22-17(13-18-20-11-12-21-18)14-5-3-2-4-6-14/h2-12H,13H2,1H3,(H,20,21)(H,23,24)/b22-17-.